The second-order valence-corrected chi connectivity index (χ2v) is 7.43. The molecule has 2 amide bonds. The van der Waals surface area contributed by atoms with Crippen LogP contribution in [0.5, 0.6) is 11.5 Å². The van der Waals surface area contributed by atoms with Crippen LogP contribution in [0.1, 0.15) is 24.3 Å². The quantitative estimate of drug-likeness (QED) is 0.575. The van der Waals surface area contributed by atoms with E-state index < -0.39 is 17.9 Å². The second kappa shape index (κ2) is 9.34. The number of rotatable bonds is 7. The highest BCUT2D eigenvalue weighted by Gasteiger charge is 2.17. The van der Waals surface area contributed by atoms with Crippen molar-refractivity contribution in [3.8, 4) is 21.4 Å². The van der Waals surface area contributed by atoms with Gasteiger partial charge in [-0.2, -0.15) is 0 Å². The summed E-state index contributed by atoms with van der Waals surface area (Å²) in [5.41, 5.74) is 4.96. The zero-order valence-corrected chi connectivity index (χ0v) is 16.9. The van der Waals surface area contributed by atoms with Gasteiger partial charge in [-0.15, -0.1) is 22.7 Å². The number of ether oxygens (including phenoxy) is 2. The van der Waals surface area contributed by atoms with Crippen molar-refractivity contribution < 1.29 is 19.1 Å². The van der Waals surface area contributed by atoms with Crippen LogP contribution in [0, 0.1) is 0 Å². The number of carbonyl (C=O) groups excluding carboxylic acids is 2. The summed E-state index contributed by atoms with van der Waals surface area (Å²) >= 11 is 2.92. The molecule has 0 saturated carbocycles. The summed E-state index contributed by atoms with van der Waals surface area (Å²) in [6.07, 6.45) is -0.796. The Morgan fingerprint density at radius 1 is 1.11 bits per heavy atom. The number of hydrogen-bond acceptors (Lipinski definition) is 7. The molecule has 2 heterocycles. The average Bonchev–Trinajstić information content (AvgIpc) is 3.39. The highest BCUT2D eigenvalue weighted by Crippen LogP contribution is 2.27. The molecule has 3 rings (SSSR count). The van der Waals surface area contributed by atoms with E-state index in [9.17, 15) is 9.59 Å². The molecule has 0 spiro atoms. The molecule has 2 aromatic heterocycles. The van der Waals surface area contributed by atoms with E-state index in [-0.39, 0.29) is 5.69 Å². The van der Waals surface area contributed by atoms with E-state index in [0.29, 0.717) is 12.4 Å². The Morgan fingerprint density at radius 3 is 2.54 bits per heavy atom. The minimum atomic E-state index is -0.796. The first-order chi connectivity index (χ1) is 13.6. The molecule has 1 unspecified atom stereocenters. The van der Waals surface area contributed by atoms with Gasteiger partial charge in [0.05, 0.1) is 11.5 Å². The van der Waals surface area contributed by atoms with E-state index in [2.05, 4.69) is 15.8 Å². The van der Waals surface area contributed by atoms with Gasteiger partial charge in [0.15, 0.2) is 6.10 Å². The zero-order chi connectivity index (χ0) is 19.9. The van der Waals surface area contributed by atoms with Crippen molar-refractivity contribution >= 4 is 34.5 Å². The van der Waals surface area contributed by atoms with Gasteiger partial charge in [0.2, 0.25) is 0 Å². The van der Waals surface area contributed by atoms with Crippen molar-refractivity contribution in [3.05, 3.63) is 52.9 Å². The van der Waals surface area contributed by atoms with Gasteiger partial charge >= 0.3 is 0 Å². The minimum absolute atomic E-state index is 0.244. The Labute approximate surface area is 170 Å². The first-order valence-electron chi connectivity index (χ1n) is 8.56. The third-order valence-corrected chi connectivity index (χ3v) is 5.47. The number of amides is 2. The largest absolute Gasteiger partial charge is 0.494 e. The molecule has 0 aliphatic carbocycles. The molecular weight excluding hydrogens is 398 g/mol. The van der Waals surface area contributed by atoms with E-state index in [4.69, 9.17) is 9.47 Å². The number of thiophene rings is 1. The summed E-state index contributed by atoms with van der Waals surface area (Å²) in [6, 6.07) is 10.8. The van der Waals surface area contributed by atoms with Crippen LogP contribution in [-0.4, -0.2) is 29.5 Å². The van der Waals surface area contributed by atoms with Crippen molar-refractivity contribution in [1.29, 1.82) is 0 Å². The lowest BCUT2D eigenvalue weighted by molar-refractivity contribution is -0.128. The smallest absolute Gasteiger partial charge is 0.289 e. The Bertz CT molecular complexity index is 923. The molecular formula is C19H19N3O4S2. The number of benzene rings is 1. The summed E-state index contributed by atoms with van der Waals surface area (Å²) in [4.78, 5) is 29.6. The van der Waals surface area contributed by atoms with Gasteiger partial charge in [-0.05, 0) is 49.6 Å². The van der Waals surface area contributed by atoms with Gasteiger partial charge in [0, 0.05) is 5.38 Å². The predicted molar refractivity (Wildman–Crippen MR) is 109 cm³/mol. The van der Waals surface area contributed by atoms with Gasteiger partial charge in [-0.3, -0.25) is 20.4 Å². The highest BCUT2D eigenvalue weighted by molar-refractivity contribution is 7.20. The Kier molecular flexibility index (Phi) is 6.62. The fourth-order valence-corrected chi connectivity index (χ4v) is 3.83. The molecule has 0 bridgehead atoms. The number of thiazole rings is 1. The standard InChI is InChI=1S/C19H19N3O4S2/c1-3-25-13-6-8-14(9-7-13)26-12(2)17(23)21-22-18(24)15-11-28-19(20-15)16-5-4-10-27-16/h4-12H,3H2,1-2H3,(H,21,23)(H,22,24). The Morgan fingerprint density at radius 2 is 1.86 bits per heavy atom. The summed E-state index contributed by atoms with van der Waals surface area (Å²) < 4.78 is 10.9. The maximum atomic E-state index is 12.2. The molecule has 0 aliphatic rings. The van der Waals surface area contributed by atoms with Crippen molar-refractivity contribution in [2.45, 2.75) is 20.0 Å². The number of hydrogen-bond donors (Lipinski definition) is 2. The minimum Gasteiger partial charge on any atom is -0.494 e. The molecule has 9 heteroatoms. The monoisotopic (exact) mass is 417 g/mol. The fraction of sp³-hybridized carbons (Fsp3) is 0.211. The van der Waals surface area contributed by atoms with Crippen LogP contribution in [-0.2, 0) is 4.79 Å². The van der Waals surface area contributed by atoms with Crippen LogP contribution in [0.4, 0.5) is 0 Å². The Balaban J connectivity index is 1.49. The van der Waals surface area contributed by atoms with Crippen LogP contribution >= 0.6 is 22.7 Å². The first-order valence-corrected chi connectivity index (χ1v) is 10.3. The highest BCUT2D eigenvalue weighted by atomic mass is 32.1. The van der Waals surface area contributed by atoms with Crippen LogP contribution in [0.15, 0.2) is 47.2 Å². The summed E-state index contributed by atoms with van der Waals surface area (Å²) in [5.74, 6) is 0.290. The van der Waals surface area contributed by atoms with Gasteiger partial charge in [0.1, 0.15) is 22.2 Å². The van der Waals surface area contributed by atoms with Crippen LogP contribution in [0.25, 0.3) is 9.88 Å². The van der Waals surface area contributed by atoms with Gasteiger partial charge < -0.3 is 9.47 Å². The molecule has 1 aromatic carbocycles. The summed E-state index contributed by atoms with van der Waals surface area (Å²) in [6.45, 7) is 4.07. The molecule has 1 atom stereocenters. The third-order valence-electron chi connectivity index (χ3n) is 3.58. The van der Waals surface area contributed by atoms with E-state index in [1.54, 1.807) is 47.9 Å². The second-order valence-electron chi connectivity index (χ2n) is 5.62. The molecule has 3 aromatic rings. The SMILES string of the molecule is CCOc1ccc(OC(C)C(=O)NNC(=O)c2csc(-c3cccs3)n2)cc1. The molecule has 146 valence electrons. The molecule has 0 fully saturated rings. The lowest BCUT2D eigenvalue weighted by Gasteiger charge is -2.15. The maximum Gasteiger partial charge on any atom is 0.289 e. The van der Waals surface area contributed by atoms with Crippen molar-refractivity contribution in [3.63, 3.8) is 0 Å². The first kappa shape index (κ1) is 19.8. The lowest BCUT2D eigenvalue weighted by atomic mass is 10.3. The molecule has 28 heavy (non-hydrogen) atoms. The van der Waals surface area contributed by atoms with Gasteiger partial charge in [-0.25, -0.2) is 4.98 Å². The van der Waals surface area contributed by atoms with Crippen molar-refractivity contribution in [2.24, 2.45) is 0 Å². The van der Waals surface area contributed by atoms with Crippen LogP contribution < -0.4 is 20.3 Å². The van der Waals surface area contributed by atoms with E-state index >= 15 is 0 Å². The zero-order valence-electron chi connectivity index (χ0n) is 15.3. The van der Waals surface area contributed by atoms with Gasteiger partial charge in [0.25, 0.3) is 11.8 Å². The van der Waals surface area contributed by atoms with Crippen molar-refractivity contribution in [1.82, 2.24) is 15.8 Å². The number of nitrogens with one attached hydrogen (secondary N) is 2. The molecule has 0 saturated heterocycles. The summed E-state index contributed by atoms with van der Waals surface area (Å²) in [7, 11) is 0. The number of hydrazine groups is 1. The number of carbonyl (C=O) groups is 2. The molecule has 0 aliphatic heterocycles. The van der Waals surface area contributed by atoms with Gasteiger partial charge in [-0.1, -0.05) is 6.07 Å². The molecule has 7 nitrogen and oxygen atoms in total. The van der Waals surface area contributed by atoms with Crippen LogP contribution in [0.3, 0.4) is 0 Å². The Hall–Kier alpha value is -2.91. The topological polar surface area (TPSA) is 89.5 Å². The molecule has 0 radical (unpaired) electrons. The third kappa shape index (κ3) is 5.08. The van der Waals surface area contributed by atoms with Crippen LogP contribution in [0.2, 0.25) is 0 Å². The van der Waals surface area contributed by atoms with Crippen molar-refractivity contribution in [2.75, 3.05) is 6.61 Å². The maximum absolute atomic E-state index is 12.2. The lowest BCUT2D eigenvalue weighted by Crippen LogP contribution is -2.47. The number of nitrogens with zero attached hydrogens (tertiary/aromatic N) is 1. The number of aromatic nitrogens is 1. The van der Waals surface area contributed by atoms with E-state index in [1.165, 1.54) is 11.3 Å². The van der Waals surface area contributed by atoms with E-state index in [1.807, 2.05) is 24.4 Å². The normalized spacial score (nSPS) is 11.5. The van der Waals surface area contributed by atoms with E-state index in [0.717, 1.165) is 15.6 Å². The molecule has 2 N–H and O–H groups in total. The average molecular weight is 418 g/mol. The fourth-order valence-electron chi connectivity index (χ4n) is 2.21. The predicted octanol–water partition coefficient (Wildman–Crippen LogP) is 3.50. The summed E-state index contributed by atoms with van der Waals surface area (Å²) in [5, 5.41) is 4.36.